The fourth-order valence-corrected chi connectivity index (χ4v) is 4.07. The number of hydrogen-bond acceptors (Lipinski definition) is 6. The first kappa shape index (κ1) is 22.0. The molecule has 1 aromatic heterocycles. The third-order valence-corrected chi connectivity index (χ3v) is 6.98. The average molecular weight is 420 g/mol. The second-order valence-electron chi connectivity index (χ2n) is 8.68. The van der Waals surface area contributed by atoms with E-state index in [1.807, 2.05) is 27.7 Å². The van der Waals surface area contributed by atoms with Crippen LogP contribution in [0.3, 0.4) is 0 Å². The minimum atomic E-state index is -1.34. The molecular formula is C21H30FN5OS. The lowest BCUT2D eigenvalue weighted by atomic mass is 9.87. The first-order valence-electron chi connectivity index (χ1n) is 9.81. The van der Waals surface area contributed by atoms with Gasteiger partial charge in [0, 0.05) is 55.5 Å². The van der Waals surface area contributed by atoms with Crippen molar-refractivity contribution >= 4 is 17.3 Å². The molecule has 0 unspecified atom stereocenters. The highest BCUT2D eigenvalue weighted by Gasteiger charge is 2.39. The van der Waals surface area contributed by atoms with Crippen LogP contribution in [0, 0.1) is 5.82 Å². The highest BCUT2D eigenvalue weighted by atomic mass is 32.2. The van der Waals surface area contributed by atoms with E-state index in [4.69, 9.17) is 0 Å². The van der Waals surface area contributed by atoms with Crippen LogP contribution in [0.2, 0.25) is 0 Å². The third kappa shape index (κ3) is 5.06. The third-order valence-electron chi connectivity index (χ3n) is 5.28. The SMILES string of the molecule is CN1CCN(c2ncc([C@@](C)(N[S@@+]([O-])C(C)(C)C)c3ccc(F)cc3)cn2)CC1. The second-order valence-corrected chi connectivity index (χ2v) is 10.6. The largest absolute Gasteiger partial charge is 0.598 e. The highest BCUT2D eigenvalue weighted by Crippen LogP contribution is 2.32. The van der Waals surface area contributed by atoms with Gasteiger partial charge in [0.1, 0.15) is 16.1 Å². The topological polar surface area (TPSA) is 67.3 Å². The molecule has 2 heterocycles. The first-order chi connectivity index (χ1) is 13.6. The predicted molar refractivity (Wildman–Crippen MR) is 116 cm³/mol. The van der Waals surface area contributed by atoms with Crippen molar-refractivity contribution in [2.45, 2.75) is 38.0 Å². The van der Waals surface area contributed by atoms with Crippen LogP contribution in [0.15, 0.2) is 36.7 Å². The van der Waals surface area contributed by atoms with E-state index in [0.717, 1.165) is 37.3 Å². The fourth-order valence-electron chi connectivity index (χ4n) is 3.16. The van der Waals surface area contributed by atoms with Gasteiger partial charge in [-0.1, -0.05) is 12.1 Å². The van der Waals surface area contributed by atoms with Gasteiger partial charge in [-0.3, -0.25) is 0 Å². The Kier molecular flexibility index (Phi) is 6.48. The second kappa shape index (κ2) is 8.55. The molecule has 0 radical (unpaired) electrons. The summed E-state index contributed by atoms with van der Waals surface area (Å²) < 4.78 is 29.2. The molecule has 0 spiro atoms. The van der Waals surface area contributed by atoms with Crippen molar-refractivity contribution < 1.29 is 8.94 Å². The lowest BCUT2D eigenvalue weighted by Gasteiger charge is -2.36. The van der Waals surface area contributed by atoms with Crippen molar-refractivity contribution in [3.8, 4) is 0 Å². The fraction of sp³-hybridized carbons (Fsp3) is 0.524. The van der Waals surface area contributed by atoms with E-state index in [2.05, 4.69) is 31.5 Å². The van der Waals surface area contributed by atoms with E-state index in [1.54, 1.807) is 24.5 Å². The summed E-state index contributed by atoms with van der Waals surface area (Å²) in [5.41, 5.74) is 0.749. The molecule has 8 heteroatoms. The molecule has 1 aliphatic heterocycles. The molecule has 3 rings (SSSR count). The van der Waals surface area contributed by atoms with Gasteiger partial charge in [0.05, 0.1) is 0 Å². The van der Waals surface area contributed by atoms with Gasteiger partial charge >= 0.3 is 0 Å². The normalized spacial score (nSPS) is 19.1. The summed E-state index contributed by atoms with van der Waals surface area (Å²) in [6, 6.07) is 6.23. The molecule has 6 nitrogen and oxygen atoms in total. The number of hydrogen-bond donors (Lipinski definition) is 1. The molecule has 0 saturated carbocycles. The van der Waals surface area contributed by atoms with Crippen LogP contribution in [0.1, 0.15) is 38.8 Å². The Hall–Kier alpha value is -1.74. The van der Waals surface area contributed by atoms with Crippen molar-refractivity contribution in [3.63, 3.8) is 0 Å². The maximum Gasteiger partial charge on any atom is 0.225 e. The van der Waals surface area contributed by atoms with Gasteiger partial charge in [0.15, 0.2) is 0 Å². The Morgan fingerprint density at radius 1 is 0.966 bits per heavy atom. The summed E-state index contributed by atoms with van der Waals surface area (Å²) in [5.74, 6) is 0.384. The van der Waals surface area contributed by atoms with E-state index in [0.29, 0.717) is 5.95 Å². The molecule has 2 atom stereocenters. The number of aromatic nitrogens is 2. The molecule has 29 heavy (non-hydrogen) atoms. The predicted octanol–water partition coefficient (Wildman–Crippen LogP) is 2.68. The van der Waals surface area contributed by atoms with E-state index in [9.17, 15) is 8.94 Å². The van der Waals surface area contributed by atoms with Crippen molar-refractivity contribution in [1.29, 1.82) is 0 Å². The van der Waals surface area contributed by atoms with E-state index in [1.165, 1.54) is 12.1 Å². The Morgan fingerprint density at radius 2 is 1.52 bits per heavy atom. The van der Waals surface area contributed by atoms with Gasteiger partial charge in [0.25, 0.3) is 0 Å². The summed E-state index contributed by atoms with van der Waals surface area (Å²) in [5, 5.41) is 0. The number of likely N-dealkylation sites (N-methyl/N-ethyl adjacent to an activating group) is 1. The monoisotopic (exact) mass is 419 g/mol. The summed E-state index contributed by atoms with van der Waals surface area (Å²) in [6.07, 6.45) is 3.55. The van der Waals surface area contributed by atoms with Gasteiger partial charge in [-0.25, -0.2) is 14.4 Å². The molecule has 158 valence electrons. The zero-order valence-electron chi connectivity index (χ0n) is 17.8. The maximum atomic E-state index is 13.5. The molecular weight excluding hydrogens is 389 g/mol. The maximum absolute atomic E-state index is 13.5. The number of nitrogens with one attached hydrogen (secondary N) is 1. The number of nitrogens with zero attached hydrogens (tertiary/aromatic N) is 4. The van der Waals surface area contributed by atoms with Gasteiger partial charge in [-0.05, 0) is 52.4 Å². The van der Waals surface area contributed by atoms with Crippen LogP contribution >= 0.6 is 0 Å². The molecule has 2 aromatic rings. The zero-order chi connectivity index (χ0) is 21.2. The Balaban J connectivity index is 1.92. The lowest BCUT2D eigenvalue weighted by molar-refractivity contribution is 0.311. The molecule has 0 amide bonds. The van der Waals surface area contributed by atoms with Crippen LogP contribution in [0.5, 0.6) is 0 Å². The molecule has 1 aliphatic rings. The number of rotatable bonds is 5. The lowest BCUT2D eigenvalue weighted by Crippen LogP contribution is -2.50. The summed E-state index contributed by atoms with van der Waals surface area (Å²) >= 11 is -1.34. The minimum Gasteiger partial charge on any atom is -0.598 e. The molecule has 1 N–H and O–H groups in total. The van der Waals surface area contributed by atoms with Crippen molar-refractivity contribution in [2.75, 3.05) is 38.1 Å². The Labute approximate surface area is 175 Å². The summed E-state index contributed by atoms with van der Waals surface area (Å²) in [7, 11) is 2.11. The number of anilines is 1. The van der Waals surface area contributed by atoms with E-state index < -0.39 is 21.6 Å². The van der Waals surface area contributed by atoms with Crippen molar-refractivity contribution in [1.82, 2.24) is 19.6 Å². The molecule has 1 fully saturated rings. The van der Waals surface area contributed by atoms with E-state index >= 15 is 0 Å². The first-order valence-corrected chi connectivity index (χ1v) is 11.0. The van der Waals surface area contributed by atoms with Gasteiger partial charge in [0.2, 0.25) is 5.95 Å². The van der Waals surface area contributed by atoms with Crippen LogP contribution < -0.4 is 9.62 Å². The van der Waals surface area contributed by atoms with Gasteiger partial charge in [-0.2, -0.15) is 0 Å². The van der Waals surface area contributed by atoms with Crippen LogP contribution in [-0.4, -0.2) is 57.4 Å². The number of halogens is 1. The average Bonchev–Trinajstić information content (AvgIpc) is 2.68. The van der Waals surface area contributed by atoms with Crippen molar-refractivity contribution in [2.24, 2.45) is 0 Å². The van der Waals surface area contributed by atoms with Gasteiger partial charge in [-0.15, -0.1) is 4.72 Å². The number of benzene rings is 1. The molecule has 0 bridgehead atoms. The Morgan fingerprint density at radius 3 is 2.03 bits per heavy atom. The van der Waals surface area contributed by atoms with Gasteiger partial charge < -0.3 is 14.4 Å². The minimum absolute atomic E-state index is 0.310. The molecule has 1 saturated heterocycles. The number of piperazine rings is 1. The summed E-state index contributed by atoms with van der Waals surface area (Å²) in [4.78, 5) is 13.6. The highest BCUT2D eigenvalue weighted by molar-refractivity contribution is 7.90. The Bertz CT molecular complexity index is 803. The van der Waals surface area contributed by atoms with E-state index in [-0.39, 0.29) is 5.82 Å². The molecule has 0 aliphatic carbocycles. The zero-order valence-corrected chi connectivity index (χ0v) is 18.6. The van der Waals surface area contributed by atoms with Crippen molar-refractivity contribution in [3.05, 3.63) is 53.6 Å². The molecule has 1 aromatic carbocycles. The summed E-state index contributed by atoms with van der Waals surface area (Å²) in [6.45, 7) is 11.4. The standard InChI is InChI=1S/C21H30FN5OS/c1-20(2,3)29(28)25-21(4,16-6-8-18(22)9-7-16)17-14-23-19(24-15-17)27-12-10-26(5)11-13-27/h6-9,14-15,25H,10-13H2,1-5H3/t21-,29-/m0/s1. The van der Waals surface area contributed by atoms with Crippen LogP contribution in [-0.2, 0) is 16.9 Å². The van der Waals surface area contributed by atoms with Crippen LogP contribution in [0.25, 0.3) is 0 Å². The van der Waals surface area contributed by atoms with Crippen LogP contribution in [0.4, 0.5) is 10.3 Å². The quantitative estimate of drug-likeness (QED) is 0.752. The smallest absolute Gasteiger partial charge is 0.225 e.